The van der Waals surface area contributed by atoms with Gasteiger partial charge < -0.3 is 10.2 Å². The predicted molar refractivity (Wildman–Crippen MR) is 123 cm³/mol. The number of pyridine rings is 1. The molecule has 31 heavy (non-hydrogen) atoms. The van der Waals surface area contributed by atoms with Gasteiger partial charge in [-0.05, 0) is 53.4 Å². The van der Waals surface area contributed by atoms with Crippen molar-refractivity contribution in [2.45, 2.75) is 30.7 Å². The second-order valence-corrected chi connectivity index (χ2v) is 8.73. The van der Waals surface area contributed by atoms with Gasteiger partial charge in [0, 0.05) is 34.9 Å². The van der Waals surface area contributed by atoms with E-state index in [0.29, 0.717) is 27.3 Å². The summed E-state index contributed by atoms with van der Waals surface area (Å²) < 4.78 is 1.88. The van der Waals surface area contributed by atoms with E-state index in [-0.39, 0.29) is 17.4 Å². The number of aromatic hydroxyl groups is 2. The van der Waals surface area contributed by atoms with Gasteiger partial charge in [-0.2, -0.15) is 0 Å². The third kappa shape index (κ3) is 4.52. The lowest BCUT2D eigenvalue weighted by atomic mass is 9.98. The first-order valence-electron chi connectivity index (χ1n) is 9.73. The molecule has 0 fully saturated rings. The zero-order valence-electron chi connectivity index (χ0n) is 17.0. The first-order valence-corrected chi connectivity index (χ1v) is 11.1. The molecule has 0 bridgehead atoms. The Morgan fingerprint density at radius 1 is 1.03 bits per heavy atom. The molecule has 158 valence electrons. The largest absolute Gasteiger partial charge is 0.508 e. The Morgan fingerprint density at radius 2 is 1.81 bits per heavy atom. The minimum absolute atomic E-state index is 0.0555. The molecule has 0 unspecified atom stereocenters. The van der Waals surface area contributed by atoms with Crippen molar-refractivity contribution in [2.75, 3.05) is 0 Å². The van der Waals surface area contributed by atoms with Crippen LogP contribution in [0.4, 0.5) is 0 Å². The second-order valence-electron chi connectivity index (χ2n) is 7.35. The minimum atomic E-state index is -0.0617. The Bertz CT molecular complexity index is 1190. The van der Waals surface area contributed by atoms with Crippen molar-refractivity contribution in [3.8, 4) is 28.6 Å². The summed E-state index contributed by atoms with van der Waals surface area (Å²) in [5.74, 6) is 1.22. The van der Waals surface area contributed by atoms with Crippen molar-refractivity contribution >= 4 is 23.4 Å². The standard InChI is InChI=1S/C23H21ClN4O2S/c1-14(2)18-10-19(21(30)11-20(18)29)22-26-27-23(31-13-15-4-3-9-25-12-15)28(22)17-7-5-16(24)6-8-17/h3-12,14,29-30H,13H2,1-2H3. The molecule has 0 aliphatic carbocycles. The summed E-state index contributed by atoms with van der Waals surface area (Å²) in [5, 5.41) is 30.9. The van der Waals surface area contributed by atoms with Gasteiger partial charge in [-0.15, -0.1) is 10.2 Å². The molecular weight excluding hydrogens is 432 g/mol. The van der Waals surface area contributed by atoms with Crippen LogP contribution in [0, 0.1) is 0 Å². The molecule has 0 saturated heterocycles. The molecule has 6 nitrogen and oxygen atoms in total. The van der Waals surface area contributed by atoms with Crippen LogP contribution in [-0.2, 0) is 5.75 Å². The summed E-state index contributed by atoms with van der Waals surface area (Å²) in [7, 11) is 0. The summed E-state index contributed by atoms with van der Waals surface area (Å²) in [6, 6.07) is 14.4. The van der Waals surface area contributed by atoms with Crippen LogP contribution in [0.3, 0.4) is 0 Å². The number of halogens is 1. The van der Waals surface area contributed by atoms with Crippen molar-refractivity contribution in [3.63, 3.8) is 0 Å². The van der Waals surface area contributed by atoms with Gasteiger partial charge in [0.1, 0.15) is 11.5 Å². The third-order valence-corrected chi connectivity index (χ3v) is 6.07. The van der Waals surface area contributed by atoms with Gasteiger partial charge in [-0.1, -0.05) is 43.3 Å². The molecule has 4 aromatic rings. The van der Waals surface area contributed by atoms with Crippen molar-refractivity contribution in [1.29, 1.82) is 0 Å². The van der Waals surface area contributed by atoms with Crippen molar-refractivity contribution < 1.29 is 10.2 Å². The summed E-state index contributed by atoms with van der Waals surface area (Å²) in [6.45, 7) is 3.96. The number of hydrogen-bond donors (Lipinski definition) is 2. The SMILES string of the molecule is CC(C)c1cc(-c2nnc(SCc3cccnc3)n2-c2ccc(Cl)cc2)c(O)cc1O. The van der Waals surface area contributed by atoms with Crippen molar-refractivity contribution in [1.82, 2.24) is 19.7 Å². The molecule has 0 spiro atoms. The zero-order valence-corrected chi connectivity index (χ0v) is 18.6. The Balaban J connectivity index is 1.82. The van der Waals surface area contributed by atoms with Crippen molar-refractivity contribution in [2.24, 2.45) is 0 Å². The lowest BCUT2D eigenvalue weighted by molar-refractivity contribution is 0.444. The molecule has 2 heterocycles. The van der Waals surface area contributed by atoms with E-state index in [1.807, 2.05) is 48.9 Å². The highest BCUT2D eigenvalue weighted by Gasteiger charge is 2.21. The van der Waals surface area contributed by atoms with Gasteiger partial charge in [-0.25, -0.2) is 0 Å². The number of phenolic OH excluding ortho intramolecular Hbond substituents is 2. The Morgan fingerprint density at radius 3 is 2.48 bits per heavy atom. The molecule has 4 rings (SSSR count). The first kappa shape index (κ1) is 21.2. The van der Waals surface area contributed by atoms with Gasteiger partial charge in [0.05, 0.1) is 5.56 Å². The van der Waals surface area contributed by atoms with E-state index in [9.17, 15) is 10.2 Å². The minimum Gasteiger partial charge on any atom is -0.508 e. The van der Waals surface area contributed by atoms with E-state index >= 15 is 0 Å². The third-order valence-electron chi connectivity index (χ3n) is 4.82. The van der Waals surface area contributed by atoms with Gasteiger partial charge in [0.2, 0.25) is 0 Å². The molecule has 0 atom stereocenters. The van der Waals surface area contributed by atoms with E-state index in [2.05, 4.69) is 15.2 Å². The maximum atomic E-state index is 10.6. The van der Waals surface area contributed by atoms with Crippen LogP contribution in [0.1, 0.15) is 30.9 Å². The first-order chi connectivity index (χ1) is 14.9. The highest BCUT2D eigenvalue weighted by molar-refractivity contribution is 7.98. The van der Waals surface area contributed by atoms with Crippen LogP contribution in [0.2, 0.25) is 5.02 Å². The fourth-order valence-electron chi connectivity index (χ4n) is 3.23. The Labute approximate surface area is 189 Å². The van der Waals surface area contributed by atoms with Crippen LogP contribution in [0.5, 0.6) is 11.5 Å². The Kier molecular flexibility index (Phi) is 6.15. The van der Waals surface area contributed by atoms with Gasteiger partial charge in [0.25, 0.3) is 0 Å². The zero-order chi connectivity index (χ0) is 22.0. The summed E-state index contributed by atoms with van der Waals surface area (Å²) in [6.07, 6.45) is 3.56. The van der Waals surface area contributed by atoms with Crippen molar-refractivity contribution in [3.05, 3.63) is 77.1 Å². The van der Waals surface area contributed by atoms with Gasteiger partial charge in [0.15, 0.2) is 11.0 Å². The van der Waals surface area contributed by atoms with Crippen LogP contribution in [0.25, 0.3) is 17.1 Å². The lowest BCUT2D eigenvalue weighted by Gasteiger charge is -2.14. The predicted octanol–water partition coefficient (Wildman–Crippen LogP) is 5.81. The molecule has 8 heteroatoms. The molecule has 2 aromatic heterocycles. The molecule has 0 radical (unpaired) electrons. The fourth-order valence-corrected chi connectivity index (χ4v) is 4.24. The average molecular weight is 453 g/mol. The maximum Gasteiger partial charge on any atom is 0.196 e. The highest BCUT2D eigenvalue weighted by atomic mass is 35.5. The highest BCUT2D eigenvalue weighted by Crippen LogP contribution is 2.39. The van der Waals surface area contributed by atoms with Gasteiger partial charge in [-0.3, -0.25) is 9.55 Å². The van der Waals surface area contributed by atoms with Gasteiger partial charge >= 0.3 is 0 Å². The van der Waals surface area contributed by atoms with E-state index in [0.717, 1.165) is 16.8 Å². The number of phenols is 2. The maximum absolute atomic E-state index is 10.6. The number of nitrogens with zero attached hydrogens (tertiary/aromatic N) is 4. The van der Waals surface area contributed by atoms with E-state index < -0.39 is 0 Å². The molecule has 0 saturated carbocycles. The number of benzene rings is 2. The summed E-state index contributed by atoms with van der Waals surface area (Å²) in [5.41, 5.74) is 3.10. The Hall–Kier alpha value is -3.03. The lowest BCUT2D eigenvalue weighted by Crippen LogP contribution is -2.01. The molecular formula is C23H21ClN4O2S. The van der Waals surface area contributed by atoms with Crippen LogP contribution in [0.15, 0.2) is 66.1 Å². The number of hydrogen-bond acceptors (Lipinski definition) is 6. The van der Waals surface area contributed by atoms with E-state index in [4.69, 9.17) is 11.6 Å². The van der Waals surface area contributed by atoms with E-state index in [1.54, 1.807) is 24.4 Å². The normalized spacial score (nSPS) is 11.2. The number of rotatable bonds is 6. The quantitative estimate of drug-likeness (QED) is 0.359. The fraction of sp³-hybridized carbons (Fsp3) is 0.174. The number of aromatic nitrogens is 4. The van der Waals surface area contributed by atoms with Crippen LogP contribution < -0.4 is 0 Å². The number of thioether (sulfide) groups is 1. The summed E-state index contributed by atoms with van der Waals surface area (Å²) >= 11 is 7.61. The molecule has 0 aliphatic heterocycles. The molecule has 2 aromatic carbocycles. The second kappa shape index (κ2) is 8.99. The monoisotopic (exact) mass is 452 g/mol. The van der Waals surface area contributed by atoms with Crippen LogP contribution >= 0.6 is 23.4 Å². The average Bonchev–Trinajstić information content (AvgIpc) is 3.17. The molecule has 0 amide bonds. The van der Waals surface area contributed by atoms with E-state index in [1.165, 1.54) is 17.8 Å². The topological polar surface area (TPSA) is 84.1 Å². The molecule has 0 aliphatic rings. The van der Waals surface area contributed by atoms with Crippen LogP contribution in [-0.4, -0.2) is 30.0 Å². The summed E-state index contributed by atoms with van der Waals surface area (Å²) in [4.78, 5) is 4.16. The molecule has 2 N–H and O–H groups in total. The smallest absolute Gasteiger partial charge is 0.196 e.